The Balaban J connectivity index is 1.91. The number of alkyl halides is 3. The van der Waals surface area contributed by atoms with Crippen LogP contribution < -0.4 is 4.90 Å². The minimum absolute atomic E-state index is 0.0212. The summed E-state index contributed by atoms with van der Waals surface area (Å²) in [7, 11) is 3.86. The van der Waals surface area contributed by atoms with Crippen LogP contribution in [-0.2, 0) is 6.18 Å². The number of aromatic nitrogens is 4. The zero-order valence-electron chi connectivity index (χ0n) is 13.6. The third-order valence-corrected chi connectivity index (χ3v) is 4.32. The van der Waals surface area contributed by atoms with Crippen LogP contribution in [0.4, 0.5) is 19.0 Å². The highest BCUT2D eigenvalue weighted by Crippen LogP contribution is 2.34. The van der Waals surface area contributed by atoms with Crippen molar-refractivity contribution < 1.29 is 13.2 Å². The third kappa shape index (κ3) is 3.28. The van der Waals surface area contributed by atoms with Crippen molar-refractivity contribution in [2.24, 2.45) is 0 Å². The van der Waals surface area contributed by atoms with Crippen LogP contribution in [0.15, 0.2) is 24.5 Å². The van der Waals surface area contributed by atoms with E-state index in [2.05, 4.69) is 15.3 Å². The Morgan fingerprint density at radius 3 is 2.60 bits per heavy atom. The number of likely N-dealkylation sites (N-methyl/N-ethyl adjacent to an activating group) is 1. The van der Waals surface area contributed by atoms with Crippen molar-refractivity contribution in [1.82, 2.24) is 24.9 Å². The van der Waals surface area contributed by atoms with E-state index >= 15 is 0 Å². The molecule has 0 amide bonds. The lowest BCUT2D eigenvalue weighted by Gasteiger charge is -2.24. The summed E-state index contributed by atoms with van der Waals surface area (Å²) in [5.41, 5.74) is -1.63. The fourth-order valence-electron chi connectivity index (χ4n) is 3.06. The first kappa shape index (κ1) is 17.2. The molecule has 0 N–H and O–H groups in total. The molecule has 0 bridgehead atoms. The van der Waals surface area contributed by atoms with Gasteiger partial charge in [0, 0.05) is 19.3 Å². The van der Waals surface area contributed by atoms with Crippen molar-refractivity contribution in [3.05, 3.63) is 35.8 Å². The van der Waals surface area contributed by atoms with Crippen LogP contribution in [0.3, 0.4) is 0 Å². The van der Waals surface area contributed by atoms with Crippen molar-refractivity contribution in [2.45, 2.75) is 18.3 Å². The number of hydrogen-bond acceptors (Lipinski definition) is 6. The molecule has 3 rings (SSSR count). The molecule has 10 heteroatoms. The summed E-state index contributed by atoms with van der Waals surface area (Å²) in [6, 6.07) is 3.82. The van der Waals surface area contributed by atoms with Crippen molar-refractivity contribution in [3.8, 4) is 6.07 Å². The number of anilines is 1. The van der Waals surface area contributed by atoms with Crippen LogP contribution in [0.1, 0.15) is 17.3 Å². The van der Waals surface area contributed by atoms with Gasteiger partial charge in [-0.3, -0.25) is 0 Å². The molecule has 0 saturated carbocycles. The highest BCUT2D eigenvalue weighted by atomic mass is 19.4. The number of halogens is 3. The first-order valence-corrected chi connectivity index (χ1v) is 7.56. The fraction of sp³-hybridized carbons (Fsp3) is 0.467. The molecule has 1 saturated heterocycles. The van der Waals surface area contributed by atoms with Crippen molar-refractivity contribution in [3.63, 3.8) is 0 Å². The first-order valence-electron chi connectivity index (χ1n) is 7.56. The largest absolute Gasteiger partial charge is 0.419 e. The Hall–Kier alpha value is -2.67. The predicted molar refractivity (Wildman–Crippen MR) is 82.7 cm³/mol. The summed E-state index contributed by atoms with van der Waals surface area (Å²) in [6.07, 6.45) is -1.26. The van der Waals surface area contributed by atoms with Crippen molar-refractivity contribution in [2.75, 3.05) is 32.1 Å². The number of nitriles is 1. The quantitative estimate of drug-likeness (QED) is 0.835. The second kappa shape index (κ2) is 6.33. The molecule has 2 aromatic rings. The second-order valence-electron chi connectivity index (χ2n) is 6.06. The number of pyridine rings is 1. The summed E-state index contributed by atoms with van der Waals surface area (Å²) < 4.78 is 40.5. The van der Waals surface area contributed by atoms with E-state index in [1.807, 2.05) is 23.9 Å². The lowest BCUT2D eigenvalue weighted by atomic mass is 10.1. The molecular weight excluding hydrogens is 335 g/mol. The van der Waals surface area contributed by atoms with E-state index in [1.54, 1.807) is 23.1 Å². The molecule has 7 nitrogen and oxygen atoms in total. The maximum Gasteiger partial charge on any atom is 0.419 e. The molecule has 25 heavy (non-hydrogen) atoms. The summed E-state index contributed by atoms with van der Waals surface area (Å²) >= 11 is 0. The zero-order chi connectivity index (χ0) is 18.2. The Labute approximate surface area is 142 Å². The minimum atomic E-state index is -4.60. The van der Waals surface area contributed by atoms with Gasteiger partial charge in [0.05, 0.1) is 23.8 Å². The fourth-order valence-corrected chi connectivity index (χ4v) is 3.06. The van der Waals surface area contributed by atoms with Gasteiger partial charge in [-0.05, 0) is 26.2 Å². The van der Waals surface area contributed by atoms with Gasteiger partial charge in [-0.15, -0.1) is 5.10 Å². The zero-order valence-corrected chi connectivity index (χ0v) is 13.6. The molecule has 1 aliphatic rings. The van der Waals surface area contributed by atoms with E-state index in [4.69, 9.17) is 5.26 Å². The molecular formula is C15H16F3N7. The maximum absolute atomic E-state index is 12.9. The molecule has 0 aliphatic carbocycles. The molecule has 2 atom stereocenters. The Bertz CT molecular complexity index is 779. The van der Waals surface area contributed by atoms with E-state index in [0.717, 1.165) is 6.07 Å². The van der Waals surface area contributed by atoms with Gasteiger partial charge in [-0.1, -0.05) is 5.21 Å². The summed E-state index contributed by atoms with van der Waals surface area (Å²) in [5.74, 6) is 0.346. The van der Waals surface area contributed by atoms with E-state index in [0.29, 0.717) is 18.9 Å². The van der Waals surface area contributed by atoms with Gasteiger partial charge in [0.25, 0.3) is 0 Å². The van der Waals surface area contributed by atoms with Gasteiger partial charge in [-0.25, -0.2) is 9.67 Å². The number of nitrogens with zero attached hydrogens (tertiary/aromatic N) is 7. The molecule has 3 heterocycles. The highest BCUT2D eigenvalue weighted by molar-refractivity contribution is 5.47. The topological polar surface area (TPSA) is 73.9 Å². The molecule has 0 radical (unpaired) electrons. The summed E-state index contributed by atoms with van der Waals surface area (Å²) in [6.45, 7) is 1.07. The van der Waals surface area contributed by atoms with E-state index < -0.39 is 17.4 Å². The van der Waals surface area contributed by atoms with Crippen LogP contribution >= 0.6 is 0 Å². The van der Waals surface area contributed by atoms with Crippen LogP contribution in [-0.4, -0.2) is 58.1 Å². The van der Waals surface area contributed by atoms with Gasteiger partial charge in [0.15, 0.2) is 5.69 Å². The highest BCUT2D eigenvalue weighted by Gasteiger charge is 2.38. The minimum Gasteiger partial charge on any atom is -0.353 e. The molecule has 0 unspecified atom stereocenters. The molecule has 1 aliphatic heterocycles. The van der Waals surface area contributed by atoms with Gasteiger partial charge in [-0.2, -0.15) is 18.4 Å². The summed E-state index contributed by atoms with van der Waals surface area (Å²) in [5, 5.41) is 16.9. The monoisotopic (exact) mass is 351 g/mol. The summed E-state index contributed by atoms with van der Waals surface area (Å²) in [4.78, 5) is 7.82. The third-order valence-electron chi connectivity index (χ3n) is 4.32. The second-order valence-corrected chi connectivity index (χ2v) is 6.06. The van der Waals surface area contributed by atoms with Gasteiger partial charge in [0.1, 0.15) is 11.9 Å². The van der Waals surface area contributed by atoms with Gasteiger partial charge in [0.2, 0.25) is 0 Å². The first-order chi connectivity index (χ1) is 11.8. The van der Waals surface area contributed by atoms with Crippen molar-refractivity contribution in [1.29, 1.82) is 5.26 Å². The maximum atomic E-state index is 12.9. The molecule has 0 spiro atoms. The Morgan fingerprint density at radius 1 is 1.28 bits per heavy atom. The molecule has 0 aromatic carbocycles. The van der Waals surface area contributed by atoms with Crippen molar-refractivity contribution >= 4 is 5.82 Å². The Morgan fingerprint density at radius 2 is 2.04 bits per heavy atom. The van der Waals surface area contributed by atoms with Crippen LogP contribution in [0.25, 0.3) is 0 Å². The van der Waals surface area contributed by atoms with Crippen LogP contribution in [0, 0.1) is 11.3 Å². The van der Waals surface area contributed by atoms with Gasteiger partial charge < -0.3 is 9.80 Å². The SMILES string of the molecule is CN(C)[C@@H]1CN(c2ccc(C(F)(F)F)c(C#N)n2)C[C@@H]1n1ccnn1. The molecule has 132 valence electrons. The van der Waals surface area contributed by atoms with E-state index in [1.165, 1.54) is 6.07 Å². The molecule has 1 fully saturated rings. The van der Waals surface area contributed by atoms with E-state index in [9.17, 15) is 13.2 Å². The standard InChI is InChI=1S/C15H16F3N7/c1-23(2)12-8-24(9-13(12)25-6-5-20-22-25)14-4-3-10(15(16,17)18)11(7-19)21-14/h3-6,12-13H,8-9H2,1-2H3/t12-,13+/m1/s1. The number of hydrogen-bond donors (Lipinski definition) is 0. The smallest absolute Gasteiger partial charge is 0.353 e. The lowest BCUT2D eigenvalue weighted by Crippen LogP contribution is -2.36. The average molecular weight is 351 g/mol. The van der Waals surface area contributed by atoms with Crippen LogP contribution in [0.2, 0.25) is 0 Å². The van der Waals surface area contributed by atoms with Gasteiger partial charge >= 0.3 is 6.18 Å². The lowest BCUT2D eigenvalue weighted by molar-refractivity contribution is -0.138. The van der Waals surface area contributed by atoms with E-state index in [-0.39, 0.29) is 12.1 Å². The normalized spacial score (nSPS) is 20.9. The molecule has 2 aromatic heterocycles. The Kier molecular flexibility index (Phi) is 4.34. The van der Waals surface area contributed by atoms with Crippen LogP contribution in [0.5, 0.6) is 0 Å². The number of rotatable bonds is 3. The average Bonchev–Trinajstić information content (AvgIpc) is 3.22. The predicted octanol–water partition coefficient (Wildman–Crippen LogP) is 1.56.